The highest BCUT2D eigenvalue weighted by molar-refractivity contribution is 6.07. The summed E-state index contributed by atoms with van der Waals surface area (Å²) in [5.74, 6) is 0. The predicted octanol–water partition coefficient (Wildman–Crippen LogP) is 3.53. The Labute approximate surface area is 117 Å². The fourth-order valence-corrected chi connectivity index (χ4v) is 3.12. The second-order valence-electron chi connectivity index (χ2n) is 5.47. The lowest BCUT2D eigenvalue weighted by atomic mass is 10.00. The Morgan fingerprint density at radius 3 is 2.80 bits per heavy atom. The molecule has 0 saturated carbocycles. The molecule has 1 aliphatic rings. The molecule has 2 heterocycles. The number of ether oxygens (including phenoxy) is 1. The number of aliphatic hydroxyl groups is 1. The molecule has 1 fully saturated rings. The lowest BCUT2D eigenvalue weighted by Crippen LogP contribution is -2.16. The minimum absolute atomic E-state index is 0.0577. The van der Waals surface area contributed by atoms with Crippen LogP contribution in [-0.2, 0) is 4.74 Å². The van der Waals surface area contributed by atoms with Gasteiger partial charge in [0.05, 0.1) is 6.10 Å². The molecule has 2 aromatic carbocycles. The molecule has 3 heteroatoms. The number of aromatic amines is 1. The molecule has 3 aromatic rings. The molecule has 0 amide bonds. The van der Waals surface area contributed by atoms with Gasteiger partial charge in [-0.1, -0.05) is 24.3 Å². The zero-order valence-corrected chi connectivity index (χ0v) is 11.2. The van der Waals surface area contributed by atoms with Crippen molar-refractivity contribution in [3.05, 3.63) is 48.0 Å². The van der Waals surface area contributed by atoms with Crippen molar-refractivity contribution in [1.82, 2.24) is 4.98 Å². The summed E-state index contributed by atoms with van der Waals surface area (Å²) in [7, 11) is 0. The molecule has 20 heavy (non-hydrogen) atoms. The number of H-pyrrole nitrogens is 1. The lowest BCUT2D eigenvalue weighted by Gasteiger charge is -2.17. The van der Waals surface area contributed by atoms with E-state index in [1.165, 1.54) is 5.39 Å². The standard InChI is InChI=1S/C17H17NO2/c19-17(16-6-3-9-20-16)11-7-8-15-13(10-11)12-4-1-2-5-14(12)18-15/h1-2,4-5,7-8,10,16-19H,3,6,9H2. The Morgan fingerprint density at radius 1 is 1.10 bits per heavy atom. The van der Waals surface area contributed by atoms with E-state index in [1.807, 2.05) is 24.3 Å². The third kappa shape index (κ3) is 1.82. The van der Waals surface area contributed by atoms with Crippen LogP contribution in [-0.4, -0.2) is 22.8 Å². The van der Waals surface area contributed by atoms with E-state index in [-0.39, 0.29) is 6.10 Å². The number of para-hydroxylation sites is 1. The molecule has 0 aliphatic carbocycles. The fraction of sp³-hybridized carbons (Fsp3) is 0.294. The van der Waals surface area contributed by atoms with E-state index in [2.05, 4.69) is 23.2 Å². The molecule has 4 rings (SSSR count). The molecule has 2 N–H and O–H groups in total. The van der Waals surface area contributed by atoms with Crippen LogP contribution in [0.15, 0.2) is 42.5 Å². The van der Waals surface area contributed by atoms with Gasteiger partial charge in [0, 0.05) is 28.4 Å². The summed E-state index contributed by atoms with van der Waals surface area (Å²) in [5.41, 5.74) is 3.18. The van der Waals surface area contributed by atoms with Crippen LogP contribution in [0.2, 0.25) is 0 Å². The Balaban J connectivity index is 1.82. The summed E-state index contributed by atoms with van der Waals surface area (Å²) in [5, 5.41) is 12.8. The lowest BCUT2D eigenvalue weighted by molar-refractivity contribution is -0.00251. The molecule has 0 bridgehead atoms. The number of nitrogens with one attached hydrogen (secondary N) is 1. The van der Waals surface area contributed by atoms with E-state index in [4.69, 9.17) is 4.74 Å². The Kier molecular flexibility index (Phi) is 2.76. The average Bonchev–Trinajstić information content (AvgIpc) is 3.13. The van der Waals surface area contributed by atoms with Crippen molar-refractivity contribution in [2.24, 2.45) is 0 Å². The van der Waals surface area contributed by atoms with E-state index < -0.39 is 6.10 Å². The highest BCUT2D eigenvalue weighted by atomic mass is 16.5. The molecule has 1 saturated heterocycles. The third-order valence-corrected chi connectivity index (χ3v) is 4.19. The zero-order valence-electron chi connectivity index (χ0n) is 11.2. The zero-order chi connectivity index (χ0) is 13.5. The van der Waals surface area contributed by atoms with Crippen molar-refractivity contribution < 1.29 is 9.84 Å². The van der Waals surface area contributed by atoms with Gasteiger partial charge in [-0.15, -0.1) is 0 Å². The van der Waals surface area contributed by atoms with Crippen LogP contribution in [0, 0.1) is 0 Å². The van der Waals surface area contributed by atoms with Gasteiger partial charge in [0.2, 0.25) is 0 Å². The summed E-state index contributed by atoms with van der Waals surface area (Å²) in [6.07, 6.45) is 1.39. The van der Waals surface area contributed by atoms with Crippen molar-refractivity contribution in [3.8, 4) is 0 Å². The summed E-state index contributed by atoms with van der Waals surface area (Å²) in [4.78, 5) is 3.40. The second-order valence-corrected chi connectivity index (χ2v) is 5.47. The van der Waals surface area contributed by atoms with Gasteiger partial charge in [-0.25, -0.2) is 0 Å². The van der Waals surface area contributed by atoms with Gasteiger partial charge in [0.25, 0.3) is 0 Å². The topological polar surface area (TPSA) is 45.2 Å². The molecule has 102 valence electrons. The molecule has 1 aromatic heterocycles. The molecular weight excluding hydrogens is 250 g/mol. The number of rotatable bonds is 2. The monoisotopic (exact) mass is 267 g/mol. The molecular formula is C17H17NO2. The van der Waals surface area contributed by atoms with Gasteiger partial charge < -0.3 is 14.8 Å². The Bertz CT molecular complexity index is 756. The number of hydrogen-bond donors (Lipinski definition) is 2. The second kappa shape index (κ2) is 4.62. The van der Waals surface area contributed by atoms with Gasteiger partial charge in [-0.2, -0.15) is 0 Å². The van der Waals surface area contributed by atoms with E-state index >= 15 is 0 Å². The van der Waals surface area contributed by atoms with E-state index in [0.717, 1.165) is 41.4 Å². The first-order chi connectivity index (χ1) is 9.83. The molecule has 3 nitrogen and oxygen atoms in total. The van der Waals surface area contributed by atoms with Crippen LogP contribution < -0.4 is 0 Å². The first kappa shape index (κ1) is 11.9. The van der Waals surface area contributed by atoms with Crippen LogP contribution in [0.4, 0.5) is 0 Å². The van der Waals surface area contributed by atoms with Crippen LogP contribution in [0.1, 0.15) is 24.5 Å². The number of hydrogen-bond acceptors (Lipinski definition) is 2. The third-order valence-electron chi connectivity index (χ3n) is 4.19. The summed E-state index contributed by atoms with van der Waals surface area (Å²) >= 11 is 0. The number of fused-ring (bicyclic) bond motifs is 3. The minimum atomic E-state index is -0.532. The molecule has 0 spiro atoms. The highest BCUT2D eigenvalue weighted by Crippen LogP contribution is 2.31. The molecule has 2 unspecified atom stereocenters. The van der Waals surface area contributed by atoms with Crippen LogP contribution in [0.3, 0.4) is 0 Å². The quantitative estimate of drug-likeness (QED) is 0.746. The molecule has 1 aliphatic heterocycles. The maximum atomic E-state index is 10.5. The van der Waals surface area contributed by atoms with Gasteiger partial charge in [-0.05, 0) is 36.6 Å². The van der Waals surface area contributed by atoms with Gasteiger partial charge >= 0.3 is 0 Å². The van der Waals surface area contributed by atoms with Crippen LogP contribution >= 0.6 is 0 Å². The van der Waals surface area contributed by atoms with Crippen LogP contribution in [0.5, 0.6) is 0 Å². The van der Waals surface area contributed by atoms with Gasteiger partial charge in [-0.3, -0.25) is 0 Å². The summed E-state index contributed by atoms with van der Waals surface area (Å²) in [6.45, 7) is 0.761. The van der Waals surface area contributed by atoms with E-state index in [1.54, 1.807) is 0 Å². The molecule has 0 radical (unpaired) electrons. The fourth-order valence-electron chi connectivity index (χ4n) is 3.12. The highest BCUT2D eigenvalue weighted by Gasteiger charge is 2.25. The van der Waals surface area contributed by atoms with Crippen LogP contribution in [0.25, 0.3) is 21.8 Å². The maximum Gasteiger partial charge on any atom is 0.105 e. The first-order valence-corrected chi connectivity index (χ1v) is 7.13. The molecule has 2 atom stereocenters. The minimum Gasteiger partial charge on any atom is -0.386 e. The maximum absolute atomic E-state index is 10.5. The Morgan fingerprint density at radius 2 is 1.95 bits per heavy atom. The number of aliphatic hydroxyl groups excluding tert-OH is 1. The van der Waals surface area contributed by atoms with Crippen molar-refractivity contribution in [2.45, 2.75) is 25.0 Å². The van der Waals surface area contributed by atoms with Crippen molar-refractivity contribution in [1.29, 1.82) is 0 Å². The van der Waals surface area contributed by atoms with Crippen molar-refractivity contribution >= 4 is 21.8 Å². The largest absolute Gasteiger partial charge is 0.386 e. The normalized spacial score (nSPS) is 20.8. The Hall–Kier alpha value is -1.84. The number of aromatic nitrogens is 1. The summed E-state index contributed by atoms with van der Waals surface area (Å²) in [6, 6.07) is 14.4. The van der Waals surface area contributed by atoms with E-state index in [9.17, 15) is 5.11 Å². The average molecular weight is 267 g/mol. The predicted molar refractivity (Wildman–Crippen MR) is 79.7 cm³/mol. The SMILES string of the molecule is OC(c1ccc2[nH]c3ccccc3c2c1)C1CCCO1. The smallest absolute Gasteiger partial charge is 0.105 e. The summed E-state index contributed by atoms with van der Waals surface area (Å²) < 4.78 is 5.59. The van der Waals surface area contributed by atoms with Crippen molar-refractivity contribution in [3.63, 3.8) is 0 Å². The van der Waals surface area contributed by atoms with E-state index in [0.29, 0.717) is 0 Å². The first-order valence-electron chi connectivity index (χ1n) is 7.13. The van der Waals surface area contributed by atoms with Gasteiger partial charge in [0.15, 0.2) is 0 Å². The van der Waals surface area contributed by atoms with Crippen molar-refractivity contribution in [2.75, 3.05) is 6.61 Å². The van der Waals surface area contributed by atoms with Gasteiger partial charge in [0.1, 0.15) is 6.10 Å². The number of benzene rings is 2.